The Balaban J connectivity index is 2.93. The van der Waals surface area contributed by atoms with Gasteiger partial charge in [-0.3, -0.25) is 0 Å². The van der Waals surface area contributed by atoms with Crippen molar-refractivity contribution >= 4 is 28.9 Å². The van der Waals surface area contributed by atoms with Gasteiger partial charge in [-0.1, -0.05) is 36.5 Å². The van der Waals surface area contributed by atoms with E-state index in [1.54, 1.807) is 0 Å². The summed E-state index contributed by atoms with van der Waals surface area (Å²) in [6, 6.07) is 5.81. The summed E-state index contributed by atoms with van der Waals surface area (Å²) in [5, 5.41) is 26.8. The monoisotopic (exact) mass is 318 g/mol. The van der Waals surface area contributed by atoms with E-state index in [0.29, 0.717) is 11.1 Å². The quantitative estimate of drug-likeness (QED) is 0.289. The number of rotatable bonds is 5. The predicted octanol–water partition coefficient (Wildman–Crippen LogP) is 1.99. The van der Waals surface area contributed by atoms with E-state index in [4.69, 9.17) is 33.6 Å². The van der Waals surface area contributed by atoms with Crippen LogP contribution in [0.2, 0.25) is 0 Å². The second-order valence-corrected chi connectivity index (χ2v) is 4.52. The number of allylic oxidation sites excluding steroid dienone is 1. The van der Waals surface area contributed by atoms with Gasteiger partial charge in [0.15, 0.2) is 0 Å². The summed E-state index contributed by atoms with van der Waals surface area (Å²) in [7, 11) is 0. The van der Waals surface area contributed by atoms with Crippen LogP contribution in [0.4, 0.5) is 13.2 Å². The predicted molar refractivity (Wildman–Crippen MR) is 76.9 cm³/mol. The molecule has 4 nitrogen and oxygen atoms in total. The molecule has 0 aliphatic rings. The molecule has 0 amide bonds. The van der Waals surface area contributed by atoms with Crippen molar-refractivity contribution in [1.82, 2.24) is 0 Å². The first-order valence-electron chi connectivity index (χ1n) is 5.69. The van der Waals surface area contributed by atoms with Crippen LogP contribution in [0.1, 0.15) is 17.5 Å². The van der Waals surface area contributed by atoms with Crippen LogP contribution in [0.3, 0.4) is 0 Å². The summed E-state index contributed by atoms with van der Waals surface area (Å²) >= 11 is 4.74. The molecule has 8 heteroatoms. The minimum Gasteiger partial charge on any atom is -0.404 e. The highest BCUT2D eigenvalue weighted by atomic mass is 32.1. The summed E-state index contributed by atoms with van der Waals surface area (Å²) in [6.45, 7) is 0. The van der Waals surface area contributed by atoms with Gasteiger partial charge in [-0.25, -0.2) is 0 Å². The fourth-order valence-corrected chi connectivity index (χ4v) is 1.73. The van der Waals surface area contributed by atoms with Gasteiger partial charge in [0.1, 0.15) is 0 Å². The van der Waals surface area contributed by atoms with Crippen molar-refractivity contribution in [2.75, 3.05) is 0 Å². The van der Waals surface area contributed by atoms with Crippen LogP contribution < -0.4 is 5.73 Å². The molecule has 21 heavy (non-hydrogen) atoms. The van der Waals surface area contributed by atoms with Gasteiger partial charge in [0.2, 0.25) is 0 Å². The number of halogens is 3. The van der Waals surface area contributed by atoms with Crippen LogP contribution in [0, 0.1) is 5.41 Å². The molecule has 5 N–H and O–H groups in total. The summed E-state index contributed by atoms with van der Waals surface area (Å²) in [5.74, 6) is -3.93. The number of hydrogen-bond donors (Lipinski definition) is 4. The molecule has 0 heterocycles. The highest BCUT2D eigenvalue weighted by Gasteiger charge is 2.53. The average Bonchev–Trinajstić information content (AvgIpc) is 2.39. The van der Waals surface area contributed by atoms with Crippen LogP contribution in [0.25, 0.3) is 5.57 Å². The van der Waals surface area contributed by atoms with Gasteiger partial charge in [0.25, 0.3) is 5.79 Å². The van der Waals surface area contributed by atoms with E-state index in [1.807, 2.05) is 0 Å². The third kappa shape index (κ3) is 4.10. The molecule has 0 aliphatic heterocycles. The lowest BCUT2D eigenvalue weighted by atomic mass is 9.99. The summed E-state index contributed by atoms with van der Waals surface area (Å²) in [4.78, 5) is 0. The van der Waals surface area contributed by atoms with E-state index in [2.05, 4.69) is 0 Å². The maximum Gasteiger partial charge on any atom is 0.443 e. The lowest BCUT2D eigenvalue weighted by molar-refractivity contribution is -0.344. The van der Waals surface area contributed by atoms with Gasteiger partial charge in [-0.2, -0.15) is 13.2 Å². The third-order valence-electron chi connectivity index (χ3n) is 2.75. The van der Waals surface area contributed by atoms with Crippen molar-refractivity contribution in [1.29, 1.82) is 5.41 Å². The normalized spacial score (nSPS) is 13.1. The van der Waals surface area contributed by atoms with Crippen LogP contribution >= 0.6 is 12.2 Å². The topological polar surface area (TPSA) is 90.3 Å². The van der Waals surface area contributed by atoms with Crippen molar-refractivity contribution in [2.24, 2.45) is 5.73 Å². The minimum atomic E-state index is -5.23. The lowest BCUT2D eigenvalue weighted by Gasteiger charge is -2.24. The summed E-state index contributed by atoms with van der Waals surface area (Å²) < 4.78 is 37.0. The highest BCUT2D eigenvalue weighted by Crippen LogP contribution is 2.31. The Morgan fingerprint density at radius 3 is 2.05 bits per heavy atom. The van der Waals surface area contributed by atoms with E-state index < -0.39 is 24.1 Å². The van der Waals surface area contributed by atoms with Gasteiger partial charge in [-0.05, 0) is 11.1 Å². The van der Waals surface area contributed by atoms with Gasteiger partial charge in [-0.15, -0.1) is 0 Å². The van der Waals surface area contributed by atoms with Crippen LogP contribution in [-0.2, 0) is 0 Å². The zero-order valence-corrected chi connectivity index (χ0v) is 11.5. The van der Waals surface area contributed by atoms with E-state index in [9.17, 15) is 13.2 Å². The fraction of sp³-hybridized carbons (Fsp3) is 0.231. The lowest BCUT2D eigenvalue weighted by Crippen LogP contribution is -2.46. The number of nitrogens with one attached hydrogen (secondary N) is 1. The maximum absolute atomic E-state index is 12.3. The Morgan fingerprint density at radius 2 is 1.67 bits per heavy atom. The average molecular weight is 318 g/mol. The van der Waals surface area contributed by atoms with E-state index in [0.717, 1.165) is 0 Å². The molecule has 114 valence electrons. The van der Waals surface area contributed by atoms with Crippen LogP contribution in [-0.4, -0.2) is 33.3 Å². The Hall–Kier alpha value is -1.77. The number of alkyl halides is 3. The second-order valence-electron chi connectivity index (χ2n) is 4.29. The first-order chi connectivity index (χ1) is 9.62. The second kappa shape index (κ2) is 6.33. The SMILES string of the molecule is N=C(CC(O)(O)C(F)(F)F)c1ccc(C(C=S)=CN)cc1. The molecule has 1 rings (SSSR count). The standard InChI is InChI=1S/C13H13F3N2O2S/c14-13(15,16)12(19,20)5-11(18)9-3-1-8(2-4-9)10(6-17)7-21/h1-4,6-7,18-20H,5,17H2. The maximum atomic E-state index is 12.3. The number of hydrogen-bond acceptors (Lipinski definition) is 5. The molecule has 1 aromatic carbocycles. The number of nitrogens with two attached hydrogens (primary N) is 1. The molecule has 0 radical (unpaired) electrons. The molecule has 1 aromatic rings. The van der Waals surface area contributed by atoms with Crippen molar-refractivity contribution in [2.45, 2.75) is 18.4 Å². The molecule has 0 saturated carbocycles. The highest BCUT2D eigenvalue weighted by molar-refractivity contribution is 7.79. The van der Waals surface area contributed by atoms with Crippen LogP contribution in [0.5, 0.6) is 0 Å². The molecule has 0 unspecified atom stereocenters. The Kier molecular flexibility index (Phi) is 5.21. The van der Waals surface area contributed by atoms with Crippen LogP contribution in [0.15, 0.2) is 30.5 Å². The minimum absolute atomic E-state index is 0.135. The third-order valence-corrected chi connectivity index (χ3v) is 3.00. The number of aliphatic hydroxyl groups is 2. The number of thiocarbonyl (C=S) groups is 1. The van der Waals surface area contributed by atoms with Crippen molar-refractivity contribution in [3.05, 3.63) is 41.6 Å². The van der Waals surface area contributed by atoms with Gasteiger partial charge in [0.05, 0.1) is 6.42 Å². The molecule has 0 atom stereocenters. The van der Waals surface area contributed by atoms with E-state index in [-0.39, 0.29) is 5.56 Å². The molecular weight excluding hydrogens is 305 g/mol. The molecule has 0 aromatic heterocycles. The Bertz CT molecular complexity index is 566. The number of benzene rings is 1. The summed E-state index contributed by atoms with van der Waals surface area (Å²) in [5.41, 5.74) is 6.13. The summed E-state index contributed by atoms with van der Waals surface area (Å²) in [6.07, 6.45) is -5.21. The fourth-order valence-electron chi connectivity index (χ4n) is 1.52. The van der Waals surface area contributed by atoms with Gasteiger partial charge >= 0.3 is 6.18 Å². The van der Waals surface area contributed by atoms with Crippen molar-refractivity contribution in [3.63, 3.8) is 0 Å². The Morgan fingerprint density at radius 1 is 1.19 bits per heavy atom. The van der Waals surface area contributed by atoms with Gasteiger partial charge in [0, 0.05) is 22.9 Å². The largest absolute Gasteiger partial charge is 0.443 e. The molecule has 0 spiro atoms. The van der Waals surface area contributed by atoms with Crippen molar-refractivity contribution in [3.8, 4) is 0 Å². The first kappa shape index (κ1) is 17.3. The smallest absolute Gasteiger partial charge is 0.404 e. The molecule has 0 fully saturated rings. The molecule has 0 saturated heterocycles. The molecular formula is C13H13F3N2O2S. The molecule has 0 bridgehead atoms. The first-order valence-corrected chi connectivity index (χ1v) is 6.16. The zero-order valence-electron chi connectivity index (χ0n) is 10.7. The zero-order chi connectivity index (χ0) is 16.3. The van der Waals surface area contributed by atoms with E-state index >= 15 is 0 Å². The van der Waals surface area contributed by atoms with Gasteiger partial charge < -0.3 is 21.4 Å². The van der Waals surface area contributed by atoms with Crippen molar-refractivity contribution < 1.29 is 23.4 Å². The molecule has 0 aliphatic carbocycles. The van der Waals surface area contributed by atoms with E-state index in [1.165, 1.54) is 35.8 Å². The Labute approximate surface area is 124 Å².